The average Bonchev–Trinajstić information content (AvgIpc) is 3.41. The van der Waals surface area contributed by atoms with Crippen LogP contribution in [0.25, 0.3) is 5.69 Å². The summed E-state index contributed by atoms with van der Waals surface area (Å²) in [5.41, 5.74) is 4.97. The van der Waals surface area contributed by atoms with E-state index in [1.54, 1.807) is 0 Å². The molecule has 28 heavy (non-hydrogen) atoms. The summed E-state index contributed by atoms with van der Waals surface area (Å²) in [7, 11) is 0. The van der Waals surface area contributed by atoms with E-state index in [-0.39, 0.29) is 5.91 Å². The van der Waals surface area contributed by atoms with Crippen molar-refractivity contribution in [1.29, 1.82) is 0 Å². The lowest BCUT2D eigenvalue weighted by Crippen LogP contribution is -2.24. The summed E-state index contributed by atoms with van der Waals surface area (Å²) in [6, 6.07) is 15.6. The van der Waals surface area contributed by atoms with Crippen molar-refractivity contribution < 1.29 is 4.79 Å². The molecule has 1 aromatic heterocycles. The van der Waals surface area contributed by atoms with E-state index >= 15 is 0 Å². The van der Waals surface area contributed by atoms with Crippen LogP contribution in [0, 0.1) is 0 Å². The molecule has 5 rings (SSSR count). The maximum absolute atomic E-state index is 13.0. The van der Waals surface area contributed by atoms with Crippen molar-refractivity contribution in [2.24, 2.45) is 0 Å². The molecule has 4 nitrogen and oxygen atoms in total. The molecule has 1 N–H and O–H groups in total. The second kappa shape index (κ2) is 7.05. The first kappa shape index (κ1) is 18.0. The third kappa shape index (κ3) is 3.07. The largest absolute Gasteiger partial charge is 0.347 e. The van der Waals surface area contributed by atoms with E-state index < -0.39 is 0 Å². The Morgan fingerprint density at radius 2 is 1.82 bits per heavy atom. The van der Waals surface area contributed by atoms with E-state index in [1.165, 1.54) is 12.1 Å². The fourth-order valence-corrected chi connectivity index (χ4v) is 4.94. The molecule has 1 fully saturated rings. The first-order valence-corrected chi connectivity index (χ1v) is 10.7. The Bertz CT molecular complexity index is 1040. The van der Waals surface area contributed by atoms with Gasteiger partial charge in [0.1, 0.15) is 0 Å². The number of hydrogen-bond acceptors (Lipinski definition) is 2. The van der Waals surface area contributed by atoms with Crippen LogP contribution < -0.4 is 5.32 Å². The summed E-state index contributed by atoms with van der Waals surface area (Å²) in [5, 5.41) is 8.50. The molecule has 2 bridgehead atoms. The summed E-state index contributed by atoms with van der Waals surface area (Å²) in [6.45, 7) is 0.489. The highest BCUT2D eigenvalue weighted by Gasteiger charge is 2.44. The van der Waals surface area contributed by atoms with Gasteiger partial charge < -0.3 is 5.32 Å². The molecular formula is C22H19BrClN3O. The van der Waals surface area contributed by atoms with Gasteiger partial charge in [0.05, 0.1) is 11.4 Å². The molecular weight excluding hydrogens is 438 g/mol. The standard InChI is InChI=1S/C22H19BrClN3O/c23-16-5-1-13(2-6-16)12-25-22(28)20-19-14-3-4-15(11-14)21(19)27(26-20)18-9-7-17(24)8-10-18/h1-2,5-10,14-15H,3-4,11-12H2,(H,25,28). The fourth-order valence-electron chi connectivity index (χ4n) is 4.55. The number of rotatable bonds is 4. The predicted molar refractivity (Wildman–Crippen MR) is 113 cm³/mol. The summed E-state index contributed by atoms with van der Waals surface area (Å²) in [5.74, 6) is 0.852. The zero-order valence-electron chi connectivity index (χ0n) is 15.2. The third-order valence-corrected chi connectivity index (χ3v) is 6.62. The highest BCUT2D eigenvalue weighted by molar-refractivity contribution is 9.10. The normalized spacial score (nSPS) is 19.6. The van der Waals surface area contributed by atoms with Gasteiger partial charge in [0.25, 0.3) is 5.91 Å². The number of amides is 1. The Kier molecular flexibility index (Phi) is 4.52. The fraction of sp³-hybridized carbons (Fsp3) is 0.273. The van der Waals surface area contributed by atoms with Gasteiger partial charge in [-0.25, -0.2) is 4.68 Å². The topological polar surface area (TPSA) is 46.9 Å². The summed E-state index contributed by atoms with van der Waals surface area (Å²) >= 11 is 9.48. The molecule has 0 saturated heterocycles. The molecule has 2 aliphatic rings. The van der Waals surface area contributed by atoms with E-state index in [2.05, 4.69) is 21.2 Å². The van der Waals surface area contributed by atoms with Crippen LogP contribution in [-0.4, -0.2) is 15.7 Å². The predicted octanol–water partition coefficient (Wildman–Crippen LogP) is 5.58. The summed E-state index contributed by atoms with van der Waals surface area (Å²) < 4.78 is 2.99. The highest BCUT2D eigenvalue weighted by Crippen LogP contribution is 2.54. The van der Waals surface area contributed by atoms with E-state index in [4.69, 9.17) is 16.7 Å². The van der Waals surface area contributed by atoms with Gasteiger partial charge in [0, 0.05) is 27.5 Å². The maximum Gasteiger partial charge on any atom is 0.272 e. The maximum atomic E-state index is 13.0. The molecule has 6 heteroatoms. The highest BCUT2D eigenvalue weighted by atomic mass is 79.9. The number of halogens is 2. The number of fused-ring (bicyclic) bond motifs is 5. The molecule has 3 aromatic rings. The van der Waals surface area contributed by atoms with Crippen molar-refractivity contribution >= 4 is 33.4 Å². The summed E-state index contributed by atoms with van der Waals surface area (Å²) in [4.78, 5) is 13.0. The molecule has 2 aliphatic carbocycles. The Morgan fingerprint density at radius 1 is 1.11 bits per heavy atom. The quantitative estimate of drug-likeness (QED) is 0.557. The van der Waals surface area contributed by atoms with Gasteiger partial charge in [-0.15, -0.1) is 0 Å². The second-order valence-corrected chi connectivity index (χ2v) is 8.90. The molecule has 0 aliphatic heterocycles. The molecule has 0 radical (unpaired) electrons. The molecule has 142 valence electrons. The minimum atomic E-state index is -0.0977. The number of hydrogen-bond donors (Lipinski definition) is 1. The first-order chi connectivity index (χ1) is 13.6. The van der Waals surface area contributed by atoms with Crippen molar-refractivity contribution in [3.8, 4) is 5.69 Å². The van der Waals surface area contributed by atoms with Gasteiger partial charge in [-0.3, -0.25) is 4.79 Å². The molecule has 2 unspecified atom stereocenters. The van der Waals surface area contributed by atoms with Gasteiger partial charge in [-0.05, 0) is 67.1 Å². The van der Waals surface area contributed by atoms with Crippen LogP contribution in [0.4, 0.5) is 0 Å². The van der Waals surface area contributed by atoms with Crippen LogP contribution in [0.2, 0.25) is 5.02 Å². The monoisotopic (exact) mass is 455 g/mol. The number of carbonyl (C=O) groups is 1. The van der Waals surface area contributed by atoms with E-state index in [9.17, 15) is 4.79 Å². The molecule has 1 saturated carbocycles. The zero-order valence-corrected chi connectivity index (χ0v) is 17.5. The number of nitrogens with zero attached hydrogens (tertiary/aromatic N) is 2. The third-order valence-electron chi connectivity index (χ3n) is 5.84. The molecule has 2 atom stereocenters. The first-order valence-electron chi connectivity index (χ1n) is 9.51. The van der Waals surface area contributed by atoms with Gasteiger partial charge in [0.15, 0.2) is 5.69 Å². The molecule has 1 heterocycles. The van der Waals surface area contributed by atoms with Crippen molar-refractivity contribution in [1.82, 2.24) is 15.1 Å². The number of nitrogens with one attached hydrogen (secondary N) is 1. The van der Waals surface area contributed by atoms with Crippen LogP contribution in [0.1, 0.15) is 58.4 Å². The van der Waals surface area contributed by atoms with E-state index in [1.807, 2.05) is 53.2 Å². The van der Waals surface area contributed by atoms with Gasteiger partial charge in [-0.2, -0.15) is 5.10 Å². The zero-order chi connectivity index (χ0) is 19.3. The van der Waals surface area contributed by atoms with E-state index in [0.29, 0.717) is 29.1 Å². The Hall–Kier alpha value is -2.11. The molecule has 1 amide bonds. The Morgan fingerprint density at radius 3 is 2.57 bits per heavy atom. The average molecular weight is 457 g/mol. The lowest BCUT2D eigenvalue weighted by Gasteiger charge is -2.14. The summed E-state index contributed by atoms with van der Waals surface area (Å²) in [6.07, 6.45) is 3.46. The number of carbonyl (C=O) groups excluding carboxylic acids is 1. The van der Waals surface area contributed by atoms with Crippen LogP contribution in [0.5, 0.6) is 0 Å². The van der Waals surface area contributed by atoms with Crippen molar-refractivity contribution in [2.75, 3.05) is 0 Å². The minimum Gasteiger partial charge on any atom is -0.347 e. The molecule has 2 aromatic carbocycles. The Labute approximate surface area is 177 Å². The van der Waals surface area contributed by atoms with Crippen molar-refractivity contribution in [2.45, 2.75) is 37.6 Å². The lowest BCUT2D eigenvalue weighted by molar-refractivity contribution is 0.0944. The van der Waals surface area contributed by atoms with Gasteiger partial charge >= 0.3 is 0 Å². The number of benzene rings is 2. The lowest BCUT2D eigenvalue weighted by atomic mass is 9.95. The van der Waals surface area contributed by atoms with Crippen molar-refractivity contribution in [3.05, 3.63) is 80.5 Å². The van der Waals surface area contributed by atoms with Crippen LogP contribution in [0.3, 0.4) is 0 Å². The Balaban J connectivity index is 1.47. The van der Waals surface area contributed by atoms with Gasteiger partial charge in [0.2, 0.25) is 0 Å². The van der Waals surface area contributed by atoms with E-state index in [0.717, 1.165) is 34.1 Å². The minimum absolute atomic E-state index is 0.0977. The van der Waals surface area contributed by atoms with Crippen LogP contribution in [0.15, 0.2) is 53.0 Å². The SMILES string of the molecule is O=C(NCc1ccc(Br)cc1)c1nn(-c2ccc(Cl)cc2)c2c1C1CCC2C1. The second-order valence-electron chi connectivity index (χ2n) is 7.55. The van der Waals surface area contributed by atoms with Gasteiger partial charge in [-0.1, -0.05) is 39.7 Å². The number of aromatic nitrogens is 2. The van der Waals surface area contributed by atoms with Crippen LogP contribution >= 0.6 is 27.5 Å². The van der Waals surface area contributed by atoms with Crippen LogP contribution in [-0.2, 0) is 6.54 Å². The van der Waals surface area contributed by atoms with Crippen molar-refractivity contribution in [3.63, 3.8) is 0 Å². The smallest absolute Gasteiger partial charge is 0.272 e. The molecule has 0 spiro atoms.